The van der Waals surface area contributed by atoms with Gasteiger partial charge in [-0.05, 0) is 37.2 Å². The van der Waals surface area contributed by atoms with Gasteiger partial charge in [0.15, 0.2) is 0 Å². The molecule has 8 heteroatoms. The van der Waals surface area contributed by atoms with E-state index in [4.69, 9.17) is 4.74 Å². The predicted molar refractivity (Wildman–Crippen MR) is 97.9 cm³/mol. The van der Waals surface area contributed by atoms with Crippen molar-refractivity contribution >= 4 is 19.1 Å². The molecule has 1 saturated carbocycles. The topological polar surface area (TPSA) is 108 Å². The molecule has 0 aromatic heterocycles. The third-order valence-corrected chi connectivity index (χ3v) is 4.60. The van der Waals surface area contributed by atoms with Crippen molar-refractivity contribution in [2.24, 2.45) is 5.92 Å². The zero-order valence-corrected chi connectivity index (χ0v) is 15.3. The van der Waals surface area contributed by atoms with Crippen molar-refractivity contribution in [3.8, 4) is 0 Å². The molecule has 7 nitrogen and oxygen atoms in total. The lowest BCUT2D eigenvalue weighted by atomic mass is 9.72. The summed E-state index contributed by atoms with van der Waals surface area (Å²) < 4.78 is 5.20. The molecule has 26 heavy (non-hydrogen) atoms. The number of alkyl carbamates (subject to hydrolysis) is 1. The van der Waals surface area contributed by atoms with Crippen LogP contribution in [0, 0.1) is 5.92 Å². The summed E-state index contributed by atoms with van der Waals surface area (Å²) in [5.41, 5.74) is -0.187. The predicted octanol–water partition coefficient (Wildman–Crippen LogP) is 1.38. The Morgan fingerprint density at radius 2 is 1.88 bits per heavy atom. The fourth-order valence-electron chi connectivity index (χ4n) is 2.96. The standard InChI is InChI=1S/C18H27BN2O5/c1-13(2)11-15(19(24)25)20-16(22)18(9-6-10-18)21-17(23)26-12-14-7-4-3-5-8-14/h3-5,7-8,13,15,24-25H,6,9-12H2,1-2H3,(H,20,22)(H,21,23)/t15-/m0/s1. The number of hydrogen-bond donors (Lipinski definition) is 4. The van der Waals surface area contributed by atoms with Crippen molar-refractivity contribution in [2.45, 2.75) is 57.6 Å². The molecule has 1 aliphatic rings. The Balaban J connectivity index is 1.92. The molecule has 0 bridgehead atoms. The van der Waals surface area contributed by atoms with Crippen LogP contribution in [0.5, 0.6) is 0 Å². The van der Waals surface area contributed by atoms with E-state index in [0.717, 1.165) is 12.0 Å². The van der Waals surface area contributed by atoms with E-state index in [9.17, 15) is 19.6 Å². The molecule has 0 radical (unpaired) electrons. The van der Waals surface area contributed by atoms with Crippen LogP contribution < -0.4 is 10.6 Å². The third kappa shape index (κ3) is 5.47. The molecule has 1 fully saturated rings. The molecular formula is C18H27BN2O5. The molecule has 2 amide bonds. The van der Waals surface area contributed by atoms with Gasteiger partial charge >= 0.3 is 13.2 Å². The monoisotopic (exact) mass is 362 g/mol. The van der Waals surface area contributed by atoms with Gasteiger partial charge in [-0.15, -0.1) is 0 Å². The third-order valence-electron chi connectivity index (χ3n) is 4.60. The first kappa shape index (κ1) is 20.3. The van der Waals surface area contributed by atoms with E-state index in [2.05, 4.69) is 10.6 Å². The maximum atomic E-state index is 12.6. The lowest BCUT2D eigenvalue weighted by Crippen LogP contribution is -2.65. The zero-order chi connectivity index (χ0) is 19.2. The molecule has 4 N–H and O–H groups in total. The molecule has 142 valence electrons. The number of carbonyl (C=O) groups excluding carboxylic acids is 2. The summed E-state index contributed by atoms with van der Waals surface area (Å²) in [6, 6.07) is 9.27. The Hall–Kier alpha value is -2.06. The SMILES string of the molecule is CC(C)C[C@H](NC(=O)C1(NC(=O)OCc2ccccc2)CCC1)B(O)O. The molecule has 2 rings (SSSR count). The van der Waals surface area contributed by atoms with Gasteiger partial charge in [0, 0.05) is 0 Å². The summed E-state index contributed by atoms with van der Waals surface area (Å²) in [5.74, 6) is -0.996. The molecule has 1 aromatic carbocycles. The van der Waals surface area contributed by atoms with Gasteiger partial charge in [0.25, 0.3) is 0 Å². The smallest absolute Gasteiger partial charge is 0.445 e. The van der Waals surface area contributed by atoms with E-state index in [0.29, 0.717) is 19.3 Å². The van der Waals surface area contributed by atoms with E-state index in [1.807, 2.05) is 44.2 Å². The Morgan fingerprint density at radius 3 is 2.38 bits per heavy atom. The molecule has 0 saturated heterocycles. The van der Waals surface area contributed by atoms with Gasteiger partial charge in [0.2, 0.25) is 5.91 Å². The number of amides is 2. The fourth-order valence-corrected chi connectivity index (χ4v) is 2.96. The van der Waals surface area contributed by atoms with Crippen LogP contribution in [0.1, 0.15) is 45.1 Å². The van der Waals surface area contributed by atoms with Crippen LogP contribution in [-0.4, -0.2) is 40.6 Å². The maximum absolute atomic E-state index is 12.6. The van der Waals surface area contributed by atoms with Crippen LogP contribution in [0.4, 0.5) is 4.79 Å². The number of rotatable bonds is 8. The summed E-state index contributed by atoms with van der Waals surface area (Å²) in [6.45, 7) is 3.98. The van der Waals surface area contributed by atoms with Crippen LogP contribution in [0.25, 0.3) is 0 Å². The first-order chi connectivity index (χ1) is 12.3. The highest BCUT2D eigenvalue weighted by molar-refractivity contribution is 6.43. The second-order valence-electron chi connectivity index (χ2n) is 7.25. The van der Waals surface area contributed by atoms with Gasteiger partial charge in [-0.2, -0.15) is 0 Å². The van der Waals surface area contributed by atoms with Gasteiger partial charge in [-0.1, -0.05) is 44.2 Å². The van der Waals surface area contributed by atoms with Gasteiger partial charge < -0.3 is 25.4 Å². The van der Waals surface area contributed by atoms with Crippen LogP contribution in [0.2, 0.25) is 0 Å². The Kier molecular flexibility index (Phi) is 7.05. The van der Waals surface area contributed by atoms with Crippen molar-refractivity contribution in [1.29, 1.82) is 0 Å². The van der Waals surface area contributed by atoms with Crippen LogP contribution in [0.15, 0.2) is 30.3 Å². The Labute approximate surface area is 154 Å². The fraction of sp³-hybridized carbons (Fsp3) is 0.556. The average Bonchev–Trinajstić information content (AvgIpc) is 2.56. The highest BCUT2D eigenvalue weighted by Gasteiger charge is 2.47. The minimum absolute atomic E-state index is 0.121. The largest absolute Gasteiger partial charge is 0.475 e. The summed E-state index contributed by atoms with van der Waals surface area (Å²) in [6.07, 6.45) is 1.57. The van der Waals surface area contributed by atoms with Crippen molar-refractivity contribution in [2.75, 3.05) is 0 Å². The zero-order valence-electron chi connectivity index (χ0n) is 15.3. The summed E-state index contributed by atoms with van der Waals surface area (Å²) in [5, 5.41) is 24.3. The number of benzene rings is 1. The van der Waals surface area contributed by atoms with Crippen molar-refractivity contribution in [3.05, 3.63) is 35.9 Å². The van der Waals surface area contributed by atoms with Crippen LogP contribution in [0.3, 0.4) is 0 Å². The molecular weight excluding hydrogens is 335 g/mol. The number of carbonyl (C=O) groups is 2. The number of ether oxygens (including phenoxy) is 1. The van der Waals surface area contributed by atoms with Crippen LogP contribution in [-0.2, 0) is 16.1 Å². The maximum Gasteiger partial charge on any atom is 0.475 e. The summed E-state index contributed by atoms with van der Waals surface area (Å²) in [4.78, 5) is 24.8. The van der Waals surface area contributed by atoms with Crippen LogP contribution >= 0.6 is 0 Å². The minimum Gasteiger partial charge on any atom is -0.445 e. The summed E-state index contributed by atoms with van der Waals surface area (Å²) >= 11 is 0. The highest BCUT2D eigenvalue weighted by atomic mass is 16.5. The molecule has 0 aliphatic heterocycles. The molecule has 1 atom stereocenters. The molecule has 0 unspecified atom stereocenters. The molecule has 0 spiro atoms. The van der Waals surface area contributed by atoms with Crippen molar-refractivity contribution < 1.29 is 24.4 Å². The van der Waals surface area contributed by atoms with Gasteiger partial charge in [-0.3, -0.25) is 4.79 Å². The first-order valence-corrected chi connectivity index (χ1v) is 8.98. The molecule has 1 aromatic rings. The van der Waals surface area contributed by atoms with Crippen molar-refractivity contribution in [1.82, 2.24) is 10.6 Å². The first-order valence-electron chi connectivity index (χ1n) is 8.98. The summed E-state index contributed by atoms with van der Waals surface area (Å²) in [7, 11) is -1.65. The second kappa shape index (κ2) is 9.05. The van der Waals surface area contributed by atoms with Gasteiger partial charge in [-0.25, -0.2) is 4.79 Å². The lowest BCUT2D eigenvalue weighted by molar-refractivity contribution is -0.131. The number of nitrogens with one attached hydrogen (secondary N) is 2. The van der Waals surface area contributed by atoms with E-state index in [1.54, 1.807) is 0 Å². The average molecular weight is 362 g/mol. The molecule has 0 heterocycles. The van der Waals surface area contributed by atoms with E-state index < -0.39 is 30.6 Å². The molecule has 1 aliphatic carbocycles. The van der Waals surface area contributed by atoms with Gasteiger partial charge in [0.1, 0.15) is 12.1 Å². The van der Waals surface area contributed by atoms with Gasteiger partial charge in [0.05, 0.1) is 5.94 Å². The number of hydrogen-bond acceptors (Lipinski definition) is 5. The quantitative estimate of drug-likeness (QED) is 0.523. The normalized spacial score (nSPS) is 16.3. The van der Waals surface area contributed by atoms with E-state index >= 15 is 0 Å². The Bertz CT molecular complexity index is 605. The second-order valence-corrected chi connectivity index (χ2v) is 7.25. The Morgan fingerprint density at radius 1 is 1.23 bits per heavy atom. The van der Waals surface area contributed by atoms with Crippen molar-refractivity contribution in [3.63, 3.8) is 0 Å². The highest BCUT2D eigenvalue weighted by Crippen LogP contribution is 2.32. The lowest BCUT2D eigenvalue weighted by Gasteiger charge is -2.41. The van der Waals surface area contributed by atoms with E-state index in [-0.39, 0.29) is 12.5 Å². The van der Waals surface area contributed by atoms with E-state index in [1.165, 1.54) is 0 Å². The minimum atomic E-state index is -1.65.